The number of rotatable bonds is 13. The van der Waals surface area contributed by atoms with E-state index in [1.54, 1.807) is 6.92 Å². The van der Waals surface area contributed by atoms with Crippen molar-refractivity contribution < 1.29 is 78.8 Å². The fourth-order valence-electron chi connectivity index (χ4n) is 6.99. The van der Waals surface area contributed by atoms with Crippen LogP contribution in [0.25, 0.3) is 0 Å². The summed E-state index contributed by atoms with van der Waals surface area (Å²) in [5.74, 6) is -1.51. The summed E-state index contributed by atoms with van der Waals surface area (Å²) < 4.78 is 37.9. The minimum absolute atomic E-state index is 0.0484. The molecule has 16 heteroatoms. The van der Waals surface area contributed by atoms with Gasteiger partial charge in [0.05, 0.1) is 50.8 Å². The average Bonchev–Trinajstić information content (AvgIpc) is 3.33. The third-order valence-corrected chi connectivity index (χ3v) is 10.2. The summed E-state index contributed by atoms with van der Waals surface area (Å²) in [6.07, 6.45) is -10.1. The van der Waals surface area contributed by atoms with Crippen LogP contribution in [0, 0.1) is 11.3 Å². The van der Waals surface area contributed by atoms with Crippen LogP contribution in [0.2, 0.25) is 0 Å². The third kappa shape index (κ3) is 8.25. The summed E-state index contributed by atoms with van der Waals surface area (Å²) in [4.78, 5) is 12.7. The van der Waals surface area contributed by atoms with E-state index in [4.69, 9.17) is 33.2 Å². The van der Waals surface area contributed by atoms with Crippen molar-refractivity contribution in [3.63, 3.8) is 0 Å². The standard InChI is InChI=1S/C33H52O16/c1-16-9-19(34)12-31(3,4)33(16,42)8-7-17(2)48-29-26(38)25(37)24(36)22(49-29)13-45-30-27(39)32(41,15-47-30)14-46-28(40)18-10-20(43-5)23(35)21(11-18)44-6/h10-11,16-17,19,22,24-27,29-30,34-39,41-42H,7-9,12-15H2,1-6H3/t16-,17-,19+,22-,24-,25+,26-,27+,29-,30-,32+,33-/m1/s1. The Morgan fingerprint density at radius 2 is 1.63 bits per heavy atom. The molecule has 49 heavy (non-hydrogen) atoms. The first-order chi connectivity index (χ1) is 22.9. The van der Waals surface area contributed by atoms with Gasteiger partial charge in [-0.05, 0) is 56.1 Å². The molecule has 2 saturated heterocycles. The Hall–Kier alpha value is -2.35. The summed E-state index contributed by atoms with van der Waals surface area (Å²) in [5, 5.41) is 85.4. The number of esters is 1. The number of phenolic OH excluding ortho intramolecular Hbond substituents is 1. The Bertz CT molecular complexity index is 1250. The summed E-state index contributed by atoms with van der Waals surface area (Å²) >= 11 is 0. The molecule has 2 aliphatic heterocycles. The van der Waals surface area contributed by atoms with Crippen LogP contribution in [-0.2, 0) is 23.7 Å². The molecule has 0 amide bonds. The van der Waals surface area contributed by atoms with Gasteiger partial charge in [-0.1, -0.05) is 20.8 Å². The molecular weight excluding hydrogens is 652 g/mol. The van der Waals surface area contributed by atoms with E-state index in [0.717, 1.165) is 0 Å². The Morgan fingerprint density at radius 3 is 2.22 bits per heavy atom. The lowest BCUT2D eigenvalue weighted by Crippen LogP contribution is -2.60. The molecule has 1 aromatic carbocycles. The van der Waals surface area contributed by atoms with E-state index >= 15 is 0 Å². The highest BCUT2D eigenvalue weighted by Gasteiger charge is 2.53. The molecule has 3 aliphatic rings. The predicted octanol–water partition coefficient (Wildman–Crippen LogP) is -0.428. The number of aliphatic hydroxyl groups is 7. The number of phenols is 1. The van der Waals surface area contributed by atoms with Gasteiger partial charge in [-0.3, -0.25) is 0 Å². The maximum atomic E-state index is 12.7. The molecule has 2 heterocycles. The van der Waals surface area contributed by atoms with Crippen molar-refractivity contribution >= 4 is 5.97 Å². The van der Waals surface area contributed by atoms with E-state index in [1.165, 1.54) is 26.4 Å². The summed E-state index contributed by atoms with van der Waals surface area (Å²) in [5.41, 5.74) is -3.77. The van der Waals surface area contributed by atoms with E-state index in [0.29, 0.717) is 25.7 Å². The molecule has 0 spiro atoms. The zero-order valence-electron chi connectivity index (χ0n) is 28.7. The number of carbonyl (C=O) groups is 1. The fraction of sp³-hybridized carbons (Fsp3) is 0.788. The molecule has 12 atom stereocenters. The second kappa shape index (κ2) is 15.5. The number of hydrogen-bond donors (Lipinski definition) is 8. The smallest absolute Gasteiger partial charge is 0.338 e. The Balaban J connectivity index is 1.30. The van der Waals surface area contributed by atoms with Crippen molar-refractivity contribution in [2.75, 3.05) is 34.0 Å². The first-order valence-electron chi connectivity index (χ1n) is 16.4. The van der Waals surface area contributed by atoms with Crippen molar-refractivity contribution in [1.29, 1.82) is 0 Å². The van der Waals surface area contributed by atoms with Gasteiger partial charge in [-0.25, -0.2) is 4.79 Å². The number of carbonyl (C=O) groups excluding carboxylic acids is 1. The molecule has 4 rings (SSSR count). The lowest BCUT2D eigenvalue weighted by molar-refractivity contribution is -0.318. The topological polar surface area (TPSA) is 244 Å². The molecule has 16 nitrogen and oxygen atoms in total. The third-order valence-electron chi connectivity index (χ3n) is 10.2. The normalized spacial score (nSPS) is 38.2. The van der Waals surface area contributed by atoms with Gasteiger partial charge in [0.25, 0.3) is 0 Å². The Labute approximate surface area is 285 Å². The second-order valence-corrected chi connectivity index (χ2v) is 14.2. The van der Waals surface area contributed by atoms with Crippen LogP contribution >= 0.6 is 0 Å². The maximum absolute atomic E-state index is 12.7. The number of benzene rings is 1. The number of hydrogen-bond acceptors (Lipinski definition) is 16. The highest BCUT2D eigenvalue weighted by molar-refractivity contribution is 5.91. The fourth-order valence-corrected chi connectivity index (χ4v) is 6.99. The second-order valence-electron chi connectivity index (χ2n) is 14.2. The molecule has 3 fully saturated rings. The Morgan fingerprint density at radius 1 is 1.00 bits per heavy atom. The lowest BCUT2D eigenvalue weighted by atomic mass is 9.58. The van der Waals surface area contributed by atoms with Crippen LogP contribution in [0.1, 0.15) is 63.7 Å². The van der Waals surface area contributed by atoms with Gasteiger partial charge in [0.15, 0.2) is 29.7 Å². The summed E-state index contributed by atoms with van der Waals surface area (Å²) in [6.45, 7) is 5.80. The van der Waals surface area contributed by atoms with Gasteiger partial charge in [0, 0.05) is 0 Å². The zero-order valence-corrected chi connectivity index (χ0v) is 28.7. The van der Waals surface area contributed by atoms with Crippen molar-refractivity contribution in [2.45, 2.75) is 120 Å². The van der Waals surface area contributed by atoms with Crippen LogP contribution < -0.4 is 9.47 Å². The first-order valence-corrected chi connectivity index (χ1v) is 16.4. The largest absolute Gasteiger partial charge is 0.502 e. The van der Waals surface area contributed by atoms with E-state index in [2.05, 4.69) is 0 Å². The van der Waals surface area contributed by atoms with Crippen molar-refractivity contribution in [3.05, 3.63) is 17.7 Å². The van der Waals surface area contributed by atoms with Gasteiger partial charge in [0.1, 0.15) is 37.1 Å². The van der Waals surface area contributed by atoms with Crippen molar-refractivity contribution in [3.8, 4) is 17.2 Å². The van der Waals surface area contributed by atoms with Crippen molar-refractivity contribution in [2.24, 2.45) is 11.3 Å². The average molecular weight is 705 g/mol. The van der Waals surface area contributed by atoms with Gasteiger partial charge in [-0.2, -0.15) is 0 Å². The molecule has 0 radical (unpaired) electrons. The molecule has 1 aliphatic carbocycles. The van der Waals surface area contributed by atoms with Gasteiger partial charge < -0.3 is 74.0 Å². The molecule has 1 aromatic rings. The number of methoxy groups -OCH3 is 2. The first kappa shape index (κ1) is 39.4. The predicted molar refractivity (Wildman–Crippen MR) is 168 cm³/mol. The molecule has 0 unspecified atom stereocenters. The zero-order chi connectivity index (χ0) is 36.5. The lowest BCUT2D eigenvalue weighted by Gasteiger charge is -2.52. The highest BCUT2D eigenvalue weighted by atomic mass is 16.7. The van der Waals surface area contributed by atoms with Crippen LogP contribution in [0.3, 0.4) is 0 Å². The highest BCUT2D eigenvalue weighted by Crippen LogP contribution is 2.50. The van der Waals surface area contributed by atoms with Gasteiger partial charge in [0.2, 0.25) is 5.75 Å². The molecule has 1 saturated carbocycles. The van der Waals surface area contributed by atoms with Gasteiger partial charge >= 0.3 is 5.97 Å². The number of aliphatic hydroxyl groups excluding tert-OH is 5. The minimum atomic E-state index is -2.08. The summed E-state index contributed by atoms with van der Waals surface area (Å²) in [6, 6.07) is 2.42. The maximum Gasteiger partial charge on any atom is 0.338 e. The number of ether oxygens (including phenoxy) is 7. The molecule has 280 valence electrons. The number of aromatic hydroxyl groups is 1. The van der Waals surface area contributed by atoms with E-state index < -0.39 is 97.7 Å². The van der Waals surface area contributed by atoms with Gasteiger partial charge in [-0.15, -0.1) is 0 Å². The van der Waals surface area contributed by atoms with E-state index in [-0.39, 0.29) is 28.7 Å². The summed E-state index contributed by atoms with van der Waals surface area (Å²) in [7, 11) is 2.57. The van der Waals surface area contributed by atoms with Crippen molar-refractivity contribution in [1.82, 2.24) is 0 Å². The minimum Gasteiger partial charge on any atom is -0.502 e. The van der Waals surface area contributed by atoms with Crippen LogP contribution in [0.15, 0.2) is 12.1 Å². The quantitative estimate of drug-likeness (QED) is 0.122. The monoisotopic (exact) mass is 704 g/mol. The van der Waals surface area contributed by atoms with E-state index in [1.807, 2.05) is 20.8 Å². The van der Waals surface area contributed by atoms with Crippen LogP contribution in [-0.4, -0.2) is 147 Å². The van der Waals surface area contributed by atoms with E-state index in [9.17, 15) is 45.6 Å². The SMILES string of the molecule is COc1cc(C(=O)OC[C@]2(O)CO[C@@H](OC[C@H]3O[C@@H](O[C@H](C)CC[C@@]4(O)[C@H](C)C[C@H](O)CC4(C)C)[C@H](O)[C@@H](O)[C@@H]3O)[C@@H]2O)cc(OC)c1O. The molecule has 0 aromatic heterocycles. The Kier molecular flexibility index (Phi) is 12.5. The van der Waals surface area contributed by atoms with Crippen LogP contribution in [0.5, 0.6) is 17.2 Å². The van der Waals surface area contributed by atoms with Crippen LogP contribution in [0.4, 0.5) is 0 Å². The molecular formula is C33H52O16. The molecule has 8 N–H and O–H groups in total. The molecule has 0 bridgehead atoms.